The highest BCUT2D eigenvalue weighted by atomic mass is 31.2. The van der Waals surface area contributed by atoms with E-state index in [1.165, 1.54) is 51.4 Å². The molecule has 1 fully saturated rings. The van der Waals surface area contributed by atoms with Gasteiger partial charge in [-0.05, 0) is 77.0 Å². The predicted molar refractivity (Wildman–Crippen MR) is 259 cm³/mol. The molecule has 0 aromatic rings. The monoisotopic (exact) mass is 953 g/mol. The van der Waals surface area contributed by atoms with Crippen molar-refractivity contribution in [3.8, 4) is 0 Å². The Morgan fingerprint density at radius 1 is 0.561 bits per heavy atom. The summed E-state index contributed by atoms with van der Waals surface area (Å²) < 4.78 is 33.5. The molecule has 0 spiro atoms. The van der Waals surface area contributed by atoms with Crippen molar-refractivity contribution in [2.75, 3.05) is 13.2 Å². The number of allylic oxidation sites excluding steroid dienone is 12. The summed E-state index contributed by atoms with van der Waals surface area (Å²) in [4.78, 5) is 35.8. The van der Waals surface area contributed by atoms with E-state index in [0.29, 0.717) is 32.1 Å². The fourth-order valence-electron chi connectivity index (χ4n) is 6.85. The molecule has 0 aliphatic heterocycles. The molecule has 0 aromatic carbocycles. The fraction of sp³-hybridized carbons (Fsp3) is 0.686. The van der Waals surface area contributed by atoms with E-state index in [0.717, 1.165) is 51.4 Å². The van der Waals surface area contributed by atoms with Crippen molar-refractivity contribution in [2.45, 2.75) is 210 Å². The number of esters is 2. The van der Waals surface area contributed by atoms with Gasteiger partial charge in [0.2, 0.25) is 0 Å². The third kappa shape index (κ3) is 31.9. The molecule has 1 saturated carbocycles. The molecule has 15 heteroatoms. The van der Waals surface area contributed by atoms with E-state index in [9.17, 15) is 49.7 Å². The van der Waals surface area contributed by atoms with Crippen molar-refractivity contribution in [2.24, 2.45) is 0 Å². The van der Waals surface area contributed by atoms with Gasteiger partial charge in [0.25, 0.3) is 0 Å². The van der Waals surface area contributed by atoms with E-state index in [1.807, 2.05) is 36.5 Å². The maximum atomic E-state index is 12.8. The number of phosphoric acid groups is 1. The highest BCUT2D eigenvalue weighted by Crippen LogP contribution is 2.47. The van der Waals surface area contributed by atoms with E-state index in [4.69, 9.17) is 18.5 Å². The number of unbranched alkanes of at least 4 members (excludes halogenated alkanes) is 13. The summed E-state index contributed by atoms with van der Waals surface area (Å²) in [5, 5.41) is 60.3. The Bertz CT molecular complexity index is 1490. The van der Waals surface area contributed by atoms with Gasteiger partial charge in [0.05, 0.1) is 12.7 Å². The third-order valence-electron chi connectivity index (χ3n) is 10.8. The summed E-state index contributed by atoms with van der Waals surface area (Å²) in [6, 6.07) is 0. The van der Waals surface area contributed by atoms with E-state index in [2.05, 4.69) is 50.3 Å². The number of hydrogen-bond acceptors (Lipinski definition) is 13. The summed E-state index contributed by atoms with van der Waals surface area (Å²) in [6.07, 6.45) is 35.1. The molecule has 4 unspecified atom stereocenters. The SMILES string of the molecule is CC/C=C\C/C=C\CC(O)/C=C/C=C\C/C=C\CCCC(=O)OC[C@H](COP(=O)(O)OC1[C@H](O)[C@H](O)C(O)[C@H](O)[C@H]1O)OC(=O)CCCCCCCCCCC/C=C\C/C=C\CCCCC. The van der Waals surface area contributed by atoms with E-state index >= 15 is 0 Å². The average molecular weight is 953 g/mol. The second kappa shape index (κ2) is 39.9. The Hall–Kier alpha value is -3.01. The first-order valence-corrected chi connectivity index (χ1v) is 26.0. The second-order valence-electron chi connectivity index (χ2n) is 16.8. The lowest BCUT2D eigenvalue weighted by molar-refractivity contribution is -0.220. The van der Waals surface area contributed by atoms with Crippen molar-refractivity contribution in [1.82, 2.24) is 0 Å². The molecule has 66 heavy (non-hydrogen) atoms. The van der Waals surface area contributed by atoms with E-state index in [-0.39, 0.29) is 12.8 Å². The fourth-order valence-corrected chi connectivity index (χ4v) is 7.82. The average Bonchev–Trinajstić information content (AvgIpc) is 3.29. The van der Waals surface area contributed by atoms with Crippen LogP contribution in [0.25, 0.3) is 0 Å². The molecule has 0 aromatic heterocycles. The lowest BCUT2D eigenvalue weighted by atomic mass is 9.85. The first kappa shape index (κ1) is 61.0. The van der Waals surface area contributed by atoms with Gasteiger partial charge in [0.15, 0.2) is 6.10 Å². The number of rotatable bonds is 39. The molecular formula is C51H85O14P. The number of carbonyl (C=O) groups excluding carboxylic acids is 2. The number of hydrogen-bond donors (Lipinski definition) is 7. The first-order chi connectivity index (χ1) is 31.8. The topological polar surface area (TPSA) is 230 Å². The maximum absolute atomic E-state index is 12.8. The predicted octanol–water partition coefficient (Wildman–Crippen LogP) is 9.03. The molecule has 0 saturated heterocycles. The minimum atomic E-state index is -5.15. The molecule has 7 N–H and O–H groups in total. The van der Waals surface area contributed by atoms with Crippen molar-refractivity contribution in [3.63, 3.8) is 0 Å². The largest absolute Gasteiger partial charge is 0.472 e. The highest BCUT2D eigenvalue weighted by molar-refractivity contribution is 7.47. The summed E-state index contributed by atoms with van der Waals surface area (Å²) in [6.45, 7) is 3.03. The Morgan fingerprint density at radius 3 is 1.67 bits per heavy atom. The first-order valence-electron chi connectivity index (χ1n) is 24.5. The summed E-state index contributed by atoms with van der Waals surface area (Å²) >= 11 is 0. The smallest absolute Gasteiger partial charge is 0.462 e. The Labute approximate surface area is 395 Å². The summed E-state index contributed by atoms with van der Waals surface area (Å²) in [5.41, 5.74) is 0. The number of aliphatic hydroxyl groups excluding tert-OH is 6. The van der Waals surface area contributed by atoms with Crippen LogP contribution in [0.3, 0.4) is 0 Å². The number of phosphoric ester groups is 1. The van der Waals surface area contributed by atoms with Crippen LogP contribution in [0.5, 0.6) is 0 Å². The van der Waals surface area contributed by atoms with Gasteiger partial charge in [-0.2, -0.15) is 0 Å². The minimum absolute atomic E-state index is 0.0515. The normalized spacial score (nSPS) is 22.5. The van der Waals surface area contributed by atoms with Crippen LogP contribution in [-0.4, -0.2) is 110 Å². The van der Waals surface area contributed by atoms with Crippen LogP contribution in [0.2, 0.25) is 0 Å². The molecule has 0 radical (unpaired) electrons. The molecule has 378 valence electrons. The molecule has 1 aliphatic carbocycles. The molecule has 14 nitrogen and oxygen atoms in total. The summed E-state index contributed by atoms with van der Waals surface area (Å²) in [7, 11) is -5.15. The number of carbonyl (C=O) groups is 2. The molecule has 0 bridgehead atoms. The van der Waals surface area contributed by atoms with Gasteiger partial charge in [-0.15, -0.1) is 0 Å². The Morgan fingerprint density at radius 2 is 1.06 bits per heavy atom. The zero-order valence-corrected chi connectivity index (χ0v) is 40.7. The summed E-state index contributed by atoms with van der Waals surface area (Å²) in [5.74, 6) is -1.22. The lowest BCUT2D eigenvalue weighted by Crippen LogP contribution is -2.64. The van der Waals surface area contributed by atoms with Gasteiger partial charge in [0, 0.05) is 12.8 Å². The lowest BCUT2D eigenvalue weighted by Gasteiger charge is -2.41. The van der Waals surface area contributed by atoms with Gasteiger partial charge in [-0.1, -0.05) is 157 Å². The molecular weight excluding hydrogens is 868 g/mol. The molecule has 9 atom stereocenters. The quantitative estimate of drug-likeness (QED) is 0.0100. The van der Waals surface area contributed by atoms with Gasteiger partial charge in [-0.25, -0.2) is 4.57 Å². The van der Waals surface area contributed by atoms with Crippen LogP contribution in [0.1, 0.15) is 162 Å². The van der Waals surface area contributed by atoms with Gasteiger partial charge in [0.1, 0.15) is 43.2 Å². The van der Waals surface area contributed by atoms with Crippen LogP contribution in [0.15, 0.2) is 85.1 Å². The number of aliphatic hydroxyl groups is 6. The van der Waals surface area contributed by atoms with Crippen LogP contribution in [0.4, 0.5) is 0 Å². The van der Waals surface area contributed by atoms with Crippen LogP contribution >= 0.6 is 7.82 Å². The zero-order chi connectivity index (χ0) is 48.7. The molecule has 0 amide bonds. The molecule has 1 rings (SSSR count). The molecule has 0 heterocycles. The van der Waals surface area contributed by atoms with Crippen molar-refractivity contribution in [3.05, 3.63) is 85.1 Å². The standard InChI is InChI=1S/C51H85O14P/c1-3-5-7-9-11-12-13-14-15-16-17-18-19-20-21-22-27-31-35-39-45(54)64-43(41-63-66(60,61)65-51-49(58)47(56)46(55)48(57)50(51)59)40-62-44(53)38-34-30-26-24-23-25-29-33-37-42(52)36-32-28-10-8-6-4-2/h6,8,11-12,14-15,24-26,28-29,32-33,37,42-43,46-52,55-59H,3-5,7,9-10,13,16-23,27,30-31,34-36,38-41H2,1-2H3,(H,60,61)/b8-6-,12-11-,15-14-,26-24-,29-25-,32-28-,37-33+/t42?,43-,46?,47-,48+,49-,50-,51?/m1/s1. The third-order valence-corrected chi connectivity index (χ3v) is 11.8. The number of ether oxygens (including phenoxy) is 2. The minimum Gasteiger partial charge on any atom is -0.462 e. The van der Waals surface area contributed by atoms with Crippen molar-refractivity contribution < 1.29 is 68.2 Å². The van der Waals surface area contributed by atoms with Crippen molar-refractivity contribution >= 4 is 19.8 Å². The van der Waals surface area contributed by atoms with Crippen LogP contribution in [-0.2, 0) is 32.7 Å². The Balaban J connectivity index is 2.50. The van der Waals surface area contributed by atoms with Crippen LogP contribution < -0.4 is 0 Å². The van der Waals surface area contributed by atoms with Gasteiger partial charge >= 0.3 is 19.8 Å². The highest BCUT2D eigenvalue weighted by Gasteiger charge is 2.51. The Kier molecular flexibility index (Phi) is 36.9. The zero-order valence-electron chi connectivity index (χ0n) is 39.8. The van der Waals surface area contributed by atoms with E-state index < -0.39 is 81.8 Å². The van der Waals surface area contributed by atoms with E-state index in [1.54, 1.807) is 12.2 Å². The van der Waals surface area contributed by atoms with Gasteiger partial charge < -0.3 is 45.0 Å². The molecule has 1 aliphatic rings. The van der Waals surface area contributed by atoms with Gasteiger partial charge in [-0.3, -0.25) is 18.6 Å². The van der Waals surface area contributed by atoms with Crippen LogP contribution in [0, 0.1) is 0 Å². The maximum Gasteiger partial charge on any atom is 0.472 e. The van der Waals surface area contributed by atoms with Crippen molar-refractivity contribution in [1.29, 1.82) is 0 Å². The second-order valence-corrected chi connectivity index (χ2v) is 18.2.